The molecular formula is C22H30N2O2. The van der Waals surface area contributed by atoms with Gasteiger partial charge in [0.05, 0.1) is 5.56 Å². The summed E-state index contributed by atoms with van der Waals surface area (Å²) in [5, 5.41) is 3.03. The summed E-state index contributed by atoms with van der Waals surface area (Å²) in [6.45, 7) is 5.24. The molecule has 1 amide bonds. The van der Waals surface area contributed by atoms with Crippen LogP contribution in [0, 0.1) is 5.92 Å². The molecule has 1 aromatic heterocycles. The molecule has 0 atom stereocenters. The molecule has 1 heterocycles. The SMILES string of the molecule is CC.O=C(NCC1CCCCC1)c1ccc(OCc2ccccc2)nc1. The molecule has 0 spiro atoms. The van der Waals surface area contributed by atoms with Gasteiger partial charge in [-0.1, -0.05) is 63.4 Å². The molecule has 1 fully saturated rings. The van der Waals surface area contributed by atoms with Crippen molar-refractivity contribution in [2.24, 2.45) is 5.92 Å². The third kappa shape index (κ3) is 6.51. The van der Waals surface area contributed by atoms with E-state index in [0.717, 1.165) is 12.1 Å². The summed E-state index contributed by atoms with van der Waals surface area (Å²) in [5.41, 5.74) is 1.67. The van der Waals surface area contributed by atoms with Crippen LogP contribution in [-0.4, -0.2) is 17.4 Å². The van der Waals surface area contributed by atoms with Crippen molar-refractivity contribution in [3.63, 3.8) is 0 Å². The molecule has 26 heavy (non-hydrogen) atoms. The zero-order valence-corrected chi connectivity index (χ0v) is 15.9. The van der Waals surface area contributed by atoms with Gasteiger partial charge in [-0.15, -0.1) is 0 Å². The lowest BCUT2D eigenvalue weighted by Crippen LogP contribution is -2.30. The van der Waals surface area contributed by atoms with E-state index in [-0.39, 0.29) is 5.91 Å². The topological polar surface area (TPSA) is 51.2 Å². The maximum absolute atomic E-state index is 12.2. The van der Waals surface area contributed by atoms with Crippen LogP contribution < -0.4 is 10.1 Å². The predicted molar refractivity (Wildman–Crippen MR) is 105 cm³/mol. The standard InChI is InChI=1S/C20H24N2O2.C2H6/c23-20(22-13-16-7-3-1-4-8-16)18-11-12-19(21-14-18)24-15-17-9-5-2-6-10-17;1-2/h2,5-6,9-12,14,16H,1,3-4,7-8,13,15H2,(H,22,23);1-2H3. The van der Waals surface area contributed by atoms with Crippen molar-refractivity contribution >= 4 is 5.91 Å². The molecular weight excluding hydrogens is 324 g/mol. The van der Waals surface area contributed by atoms with Crippen molar-refractivity contribution in [2.45, 2.75) is 52.6 Å². The summed E-state index contributed by atoms with van der Waals surface area (Å²) in [7, 11) is 0. The molecule has 140 valence electrons. The number of benzene rings is 1. The molecule has 0 aliphatic heterocycles. The van der Waals surface area contributed by atoms with Gasteiger partial charge >= 0.3 is 0 Å². The van der Waals surface area contributed by atoms with Gasteiger partial charge in [0.25, 0.3) is 5.91 Å². The van der Waals surface area contributed by atoms with Crippen LogP contribution in [0.3, 0.4) is 0 Å². The normalized spacial score (nSPS) is 14.1. The maximum atomic E-state index is 12.2. The molecule has 0 radical (unpaired) electrons. The molecule has 3 rings (SSSR count). The molecule has 4 nitrogen and oxygen atoms in total. The van der Waals surface area contributed by atoms with E-state index in [0.29, 0.717) is 24.0 Å². The first-order valence-corrected chi connectivity index (χ1v) is 9.72. The lowest BCUT2D eigenvalue weighted by atomic mass is 9.89. The Hall–Kier alpha value is -2.36. The minimum Gasteiger partial charge on any atom is -0.473 e. The number of nitrogens with zero attached hydrogens (tertiary/aromatic N) is 1. The minimum absolute atomic E-state index is 0.0531. The van der Waals surface area contributed by atoms with Crippen LogP contribution in [0.1, 0.15) is 61.9 Å². The second-order valence-electron chi connectivity index (χ2n) is 6.37. The van der Waals surface area contributed by atoms with Gasteiger partial charge in [-0.05, 0) is 30.4 Å². The van der Waals surface area contributed by atoms with Crippen LogP contribution in [0.2, 0.25) is 0 Å². The van der Waals surface area contributed by atoms with Crippen LogP contribution in [0.5, 0.6) is 5.88 Å². The summed E-state index contributed by atoms with van der Waals surface area (Å²) in [6.07, 6.45) is 7.94. The second-order valence-corrected chi connectivity index (χ2v) is 6.37. The first-order valence-electron chi connectivity index (χ1n) is 9.72. The van der Waals surface area contributed by atoms with E-state index in [2.05, 4.69) is 10.3 Å². The zero-order valence-electron chi connectivity index (χ0n) is 15.9. The maximum Gasteiger partial charge on any atom is 0.252 e. The number of rotatable bonds is 6. The summed E-state index contributed by atoms with van der Waals surface area (Å²) < 4.78 is 5.64. The third-order valence-electron chi connectivity index (χ3n) is 4.50. The number of amides is 1. The van der Waals surface area contributed by atoms with Crippen LogP contribution in [-0.2, 0) is 6.61 Å². The van der Waals surface area contributed by atoms with Gasteiger partial charge in [-0.3, -0.25) is 4.79 Å². The molecule has 1 N–H and O–H groups in total. The van der Waals surface area contributed by atoms with Crippen molar-refractivity contribution < 1.29 is 9.53 Å². The molecule has 0 bridgehead atoms. The molecule has 1 aliphatic rings. The summed E-state index contributed by atoms with van der Waals surface area (Å²) in [5.74, 6) is 1.11. The summed E-state index contributed by atoms with van der Waals surface area (Å²) in [4.78, 5) is 16.4. The van der Waals surface area contributed by atoms with Crippen molar-refractivity contribution in [1.82, 2.24) is 10.3 Å². The Morgan fingerprint density at radius 2 is 1.81 bits per heavy atom. The van der Waals surface area contributed by atoms with E-state index < -0.39 is 0 Å². The second kappa shape index (κ2) is 11.3. The van der Waals surface area contributed by atoms with Crippen molar-refractivity contribution in [2.75, 3.05) is 6.54 Å². The molecule has 1 saturated carbocycles. The highest BCUT2D eigenvalue weighted by Crippen LogP contribution is 2.22. The number of carbonyl (C=O) groups is 1. The fourth-order valence-corrected chi connectivity index (χ4v) is 3.06. The Labute approximate surface area is 157 Å². The number of hydrogen-bond donors (Lipinski definition) is 1. The van der Waals surface area contributed by atoms with Crippen LogP contribution in [0.25, 0.3) is 0 Å². The predicted octanol–water partition coefficient (Wildman–Crippen LogP) is 5.00. The van der Waals surface area contributed by atoms with Gasteiger partial charge in [0.2, 0.25) is 5.88 Å². The van der Waals surface area contributed by atoms with Gasteiger partial charge in [0.1, 0.15) is 6.61 Å². The van der Waals surface area contributed by atoms with Crippen molar-refractivity contribution in [1.29, 1.82) is 0 Å². The summed E-state index contributed by atoms with van der Waals surface area (Å²) >= 11 is 0. The number of nitrogens with one attached hydrogen (secondary N) is 1. The van der Waals surface area contributed by atoms with E-state index in [4.69, 9.17) is 4.74 Å². The van der Waals surface area contributed by atoms with Crippen LogP contribution >= 0.6 is 0 Å². The Bertz CT molecular complexity index is 635. The largest absolute Gasteiger partial charge is 0.473 e. The number of ether oxygens (including phenoxy) is 1. The fraction of sp³-hybridized carbons (Fsp3) is 0.455. The van der Waals surface area contributed by atoms with E-state index >= 15 is 0 Å². The van der Waals surface area contributed by atoms with Gasteiger partial charge in [0.15, 0.2) is 0 Å². The van der Waals surface area contributed by atoms with E-state index in [1.54, 1.807) is 18.3 Å². The van der Waals surface area contributed by atoms with E-state index in [1.807, 2.05) is 44.2 Å². The first kappa shape index (κ1) is 20.0. The van der Waals surface area contributed by atoms with Crippen molar-refractivity contribution in [3.05, 3.63) is 59.8 Å². The first-order chi connectivity index (χ1) is 12.8. The molecule has 0 saturated heterocycles. The molecule has 0 unspecified atom stereocenters. The van der Waals surface area contributed by atoms with Gasteiger partial charge in [-0.25, -0.2) is 4.98 Å². The average molecular weight is 354 g/mol. The monoisotopic (exact) mass is 354 g/mol. The number of hydrogen-bond acceptors (Lipinski definition) is 3. The number of aromatic nitrogens is 1. The highest BCUT2D eigenvalue weighted by atomic mass is 16.5. The molecule has 4 heteroatoms. The lowest BCUT2D eigenvalue weighted by Gasteiger charge is -2.21. The van der Waals surface area contributed by atoms with Gasteiger partial charge < -0.3 is 10.1 Å². The smallest absolute Gasteiger partial charge is 0.252 e. The highest BCUT2D eigenvalue weighted by molar-refractivity contribution is 5.93. The van der Waals surface area contributed by atoms with E-state index in [9.17, 15) is 4.79 Å². The van der Waals surface area contributed by atoms with Crippen LogP contribution in [0.15, 0.2) is 48.7 Å². The van der Waals surface area contributed by atoms with Gasteiger partial charge in [0, 0.05) is 18.8 Å². The fourth-order valence-electron chi connectivity index (χ4n) is 3.06. The molecule has 2 aromatic rings. The quantitative estimate of drug-likeness (QED) is 0.794. The Morgan fingerprint density at radius 1 is 1.08 bits per heavy atom. The number of carbonyl (C=O) groups excluding carboxylic acids is 1. The lowest BCUT2D eigenvalue weighted by molar-refractivity contribution is 0.0943. The Kier molecular flexibility index (Phi) is 8.67. The summed E-state index contributed by atoms with van der Waals surface area (Å²) in [6, 6.07) is 13.5. The third-order valence-corrected chi connectivity index (χ3v) is 4.50. The van der Waals surface area contributed by atoms with Crippen molar-refractivity contribution in [3.8, 4) is 5.88 Å². The number of pyridine rings is 1. The average Bonchev–Trinajstić information content (AvgIpc) is 2.74. The van der Waals surface area contributed by atoms with Crippen LogP contribution in [0.4, 0.5) is 0 Å². The highest BCUT2D eigenvalue weighted by Gasteiger charge is 2.15. The van der Waals surface area contributed by atoms with Gasteiger partial charge in [-0.2, -0.15) is 0 Å². The van der Waals surface area contributed by atoms with E-state index in [1.165, 1.54) is 32.1 Å². The molecule has 1 aromatic carbocycles. The zero-order chi connectivity index (χ0) is 18.6. The molecule has 1 aliphatic carbocycles. The Balaban J connectivity index is 0.00000117. The minimum atomic E-state index is -0.0531. The Morgan fingerprint density at radius 3 is 2.46 bits per heavy atom.